The van der Waals surface area contributed by atoms with E-state index in [-0.39, 0.29) is 11.7 Å². The average molecular weight is 277 g/mol. The predicted molar refractivity (Wildman–Crippen MR) is 82.1 cm³/mol. The van der Waals surface area contributed by atoms with Gasteiger partial charge in [0.05, 0.1) is 5.56 Å². The number of benzene rings is 2. The van der Waals surface area contributed by atoms with Crippen LogP contribution in [0.2, 0.25) is 0 Å². The molecule has 2 aromatic rings. The lowest BCUT2D eigenvalue weighted by atomic mass is 9.98. The molecule has 1 N–H and O–H groups in total. The van der Waals surface area contributed by atoms with Crippen molar-refractivity contribution in [2.75, 3.05) is 6.54 Å². The highest BCUT2D eigenvalue weighted by Crippen LogP contribution is 2.14. The second kappa shape index (κ2) is 7.06. The van der Waals surface area contributed by atoms with E-state index < -0.39 is 0 Å². The molecule has 0 atom stereocenters. The first-order valence-corrected chi connectivity index (χ1v) is 6.64. The van der Waals surface area contributed by atoms with Crippen molar-refractivity contribution in [1.82, 2.24) is 5.32 Å². The Bertz CT molecular complexity index is 684. The molecule has 0 aromatic heterocycles. The fraction of sp³-hybridized carbons (Fsp3) is 0.111. The zero-order chi connectivity index (χ0) is 15.1. The molecular formula is C18H15NO2. The summed E-state index contributed by atoms with van der Waals surface area (Å²) in [5.74, 6) is 2.00. The van der Waals surface area contributed by atoms with Crippen molar-refractivity contribution < 1.29 is 9.59 Å². The zero-order valence-electron chi connectivity index (χ0n) is 11.5. The molecule has 2 aromatic carbocycles. The van der Waals surface area contributed by atoms with Crippen LogP contribution in [0.3, 0.4) is 0 Å². The first kappa shape index (κ1) is 14.5. The van der Waals surface area contributed by atoms with Crippen molar-refractivity contribution in [2.45, 2.75) is 6.42 Å². The molecular weight excluding hydrogens is 262 g/mol. The summed E-state index contributed by atoms with van der Waals surface area (Å²) in [5.41, 5.74) is 1.31. The quantitative estimate of drug-likeness (QED) is 0.519. The van der Waals surface area contributed by atoms with Gasteiger partial charge in [-0.15, -0.1) is 12.3 Å². The van der Waals surface area contributed by atoms with Crippen LogP contribution in [-0.4, -0.2) is 18.2 Å². The smallest absolute Gasteiger partial charge is 0.252 e. The van der Waals surface area contributed by atoms with Gasteiger partial charge in [-0.3, -0.25) is 9.59 Å². The van der Waals surface area contributed by atoms with Crippen LogP contribution in [0.5, 0.6) is 0 Å². The minimum absolute atomic E-state index is 0.168. The summed E-state index contributed by atoms with van der Waals surface area (Å²) in [5, 5.41) is 2.71. The number of terminal acetylenes is 1. The lowest BCUT2D eigenvalue weighted by molar-refractivity contribution is 0.0943. The molecule has 0 unspecified atom stereocenters. The molecule has 1 amide bonds. The molecule has 0 radical (unpaired) electrons. The number of hydrogen-bond donors (Lipinski definition) is 1. The normalized spacial score (nSPS) is 9.67. The van der Waals surface area contributed by atoms with Gasteiger partial charge in [0.25, 0.3) is 5.91 Å². The van der Waals surface area contributed by atoms with Gasteiger partial charge in [0.15, 0.2) is 5.78 Å². The zero-order valence-corrected chi connectivity index (χ0v) is 11.5. The molecule has 3 nitrogen and oxygen atoms in total. The van der Waals surface area contributed by atoms with Gasteiger partial charge >= 0.3 is 0 Å². The number of rotatable bonds is 5. The largest absolute Gasteiger partial charge is 0.351 e. The van der Waals surface area contributed by atoms with Crippen molar-refractivity contribution in [2.24, 2.45) is 0 Å². The second-order valence-electron chi connectivity index (χ2n) is 4.45. The van der Waals surface area contributed by atoms with Crippen molar-refractivity contribution in [3.8, 4) is 12.3 Å². The van der Waals surface area contributed by atoms with E-state index in [2.05, 4.69) is 11.2 Å². The summed E-state index contributed by atoms with van der Waals surface area (Å²) >= 11 is 0. The third-order valence-corrected chi connectivity index (χ3v) is 3.01. The first-order valence-electron chi connectivity index (χ1n) is 6.64. The third-order valence-electron chi connectivity index (χ3n) is 3.01. The monoisotopic (exact) mass is 277 g/mol. The van der Waals surface area contributed by atoms with Crippen molar-refractivity contribution >= 4 is 11.7 Å². The maximum Gasteiger partial charge on any atom is 0.252 e. The van der Waals surface area contributed by atoms with Gasteiger partial charge in [-0.25, -0.2) is 0 Å². The SMILES string of the molecule is C#CCCNC(=O)c1ccccc1C(=O)c1ccccc1. The van der Waals surface area contributed by atoms with Crippen molar-refractivity contribution in [3.63, 3.8) is 0 Å². The van der Waals surface area contributed by atoms with Crippen LogP contribution in [0.1, 0.15) is 32.7 Å². The molecule has 0 saturated heterocycles. The average Bonchev–Trinajstić information content (AvgIpc) is 2.55. The highest BCUT2D eigenvalue weighted by atomic mass is 16.2. The molecule has 21 heavy (non-hydrogen) atoms. The van der Waals surface area contributed by atoms with E-state index in [4.69, 9.17) is 6.42 Å². The van der Waals surface area contributed by atoms with Crippen LogP contribution in [0.25, 0.3) is 0 Å². The van der Waals surface area contributed by atoms with E-state index in [1.54, 1.807) is 48.5 Å². The van der Waals surface area contributed by atoms with Gasteiger partial charge < -0.3 is 5.32 Å². The molecule has 0 spiro atoms. The molecule has 3 heteroatoms. The van der Waals surface area contributed by atoms with Crippen LogP contribution >= 0.6 is 0 Å². The summed E-state index contributed by atoms with van der Waals surface area (Å²) < 4.78 is 0. The number of carbonyl (C=O) groups is 2. The molecule has 0 saturated carbocycles. The molecule has 0 heterocycles. The van der Waals surface area contributed by atoms with E-state index in [1.807, 2.05) is 6.07 Å². The van der Waals surface area contributed by atoms with Gasteiger partial charge in [0.2, 0.25) is 0 Å². The topological polar surface area (TPSA) is 46.2 Å². The number of ketones is 1. The molecule has 0 aliphatic rings. The van der Waals surface area contributed by atoms with Gasteiger partial charge in [-0.2, -0.15) is 0 Å². The van der Waals surface area contributed by atoms with Crippen molar-refractivity contribution in [3.05, 3.63) is 71.3 Å². The first-order chi connectivity index (χ1) is 10.2. The van der Waals surface area contributed by atoms with Gasteiger partial charge in [-0.1, -0.05) is 48.5 Å². The summed E-state index contributed by atoms with van der Waals surface area (Å²) in [6, 6.07) is 15.7. The van der Waals surface area contributed by atoms with Crippen LogP contribution < -0.4 is 5.32 Å². The molecule has 2 rings (SSSR count). The van der Waals surface area contributed by atoms with E-state index in [0.29, 0.717) is 29.7 Å². The maximum atomic E-state index is 12.5. The number of nitrogens with one attached hydrogen (secondary N) is 1. The van der Waals surface area contributed by atoms with Gasteiger partial charge in [0.1, 0.15) is 0 Å². The molecule has 0 aliphatic heterocycles. The van der Waals surface area contributed by atoms with E-state index in [0.717, 1.165) is 0 Å². The minimum atomic E-state index is -0.287. The Morgan fingerprint density at radius 1 is 0.952 bits per heavy atom. The van der Waals surface area contributed by atoms with E-state index >= 15 is 0 Å². The standard InChI is InChI=1S/C18H15NO2/c1-2-3-13-19-18(21)16-12-8-7-11-15(16)17(20)14-9-5-4-6-10-14/h1,4-12H,3,13H2,(H,19,21). The summed E-state index contributed by atoms with van der Waals surface area (Å²) in [6.45, 7) is 0.392. The molecule has 0 fully saturated rings. The summed E-state index contributed by atoms with van der Waals surface area (Å²) in [6.07, 6.45) is 5.61. The Balaban J connectivity index is 2.27. The van der Waals surface area contributed by atoms with Crippen LogP contribution in [-0.2, 0) is 0 Å². The van der Waals surface area contributed by atoms with Gasteiger partial charge in [-0.05, 0) is 6.07 Å². The summed E-state index contributed by atoms with van der Waals surface area (Å²) in [7, 11) is 0. The van der Waals surface area contributed by atoms with Gasteiger partial charge in [0, 0.05) is 24.1 Å². The highest BCUT2D eigenvalue weighted by Gasteiger charge is 2.17. The Morgan fingerprint density at radius 2 is 1.57 bits per heavy atom. The third kappa shape index (κ3) is 3.58. The lowest BCUT2D eigenvalue weighted by Gasteiger charge is -2.09. The lowest BCUT2D eigenvalue weighted by Crippen LogP contribution is -2.26. The molecule has 0 bridgehead atoms. The number of hydrogen-bond acceptors (Lipinski definition) is 2. The van der Waals surface area contributed by atoms with E-state index in [9.17, 15) is 9.59 Å². The fourth-order valence-corrected chi connectivity index (χ4v) is 1.97. The highest BCUT2D eigenvalue weighted by molar-refractivity contribution is 6.15. The Labute approximate surface area is 124 Å². The Morgan fingerprint density at radius 3 is 2.24 bits per heavy atom. The molecule has 0 aliphatic carbocycles. The Kier molecular flexibility index (Phi) is 4.89. The van der Waals surface area contributed by atoms with Crippen LogP contribution in [0.15, 0.2) is 54.6 Å². The predicted octanol–water partition coefficient (Wildman–Crippen LogP) is 2.67. The summed E-state index contributed by atoms with van der Waals surface area (Å²) in [4.78, 5) is 24.6. The minimum Gasteiger partial charge on any atom is -0.351 e. The van der Waals surface area contributed by atoms with Crippen LogP contribution in [0.4, 0.5) is 0 Å². The van der Waals surface area contributed by atoms with E-state index in [1.165, 1.54) is 0 Å². The number of amides is 1. The van der Waals surface area contributed by atoms with Crippen LogP contribution in [0, 0.1) is 12.3 Å². The molecule has 104 valence electrons. The van der Waals surface area contributed by atoms with Crippen molar-refractivity contribution in [1.29, 1.82) is 0 Å². The number of carbonyl (C=O) groups excluding carboxylic acids is 2. The fourth-order valence-electron chi connectivity index (χ4n) is 1.97. The second-order valence-corrected chi connectivity index (χ2v) is 4.45. The maximum absolute atomic E-state index is 12.5. The Hall–Kier alpha value is -2.86.